The topological polar surface area (TPSA) is 87.2 Å². The average molecular weight is 687 g/mol. The Morgan fingerprint density at radius 3 is 1.77 bits per heavy atom. The molecule has 1 unspecified atom stereocenters. The van der Waals surface area contributed by atoms with E-state index in [1.165, 1.54) is 40.8 Å². The highest BCUT2D eigenvalue weighted by atomic mass is 33.1. The Bertz CT molecular complexity index is 1210. The van der Waals surface area contributed by atoms with E-state index in [1.807, 2.05) is 78.4 Å². The molecular weight excluding hydrogens is 629 g/mol. The van der Waals surface area contributed by atoms with Gasteiger partial charge in [0.15, 0.2) is 11.6 Å². The molecule has 262 valence electrons. The van der Waals surface area contributed by atoms with Crippen molar-refractivity contribution in [3.05, 3.63) is 69.8 Å². The molecule has 0 spiro atoms. The van der Waals surface area contributed by atoms with Gasteiger partial charge in [0.2, 0.25) is 0 Å². The molecule has 1 saturated heterocycles. The van der Waals surface area contributed by atoms with Crippen LogP contribution in [-0.4, -0.2) is 95.9 Å². The minimum atomic E-state index is -0.114. The van der Waals surface area contributed by atoms with Crippen molar-refractivity contribution in [3.63, 3.8) is 0 Å². The smallest absolute Gasteiger partial charge is 0.305 e. The second-order valence-electron chi connectivity index (χ2n) is 12.4. The number of nitrogens with zero attached hydrogens (tertiary/aromatic N) is 2. The maximum absolute atomic E-state index is 12.5. The van der Waals surface area contributed by atoms with Crippen LogP contribution < -0.4 is 0 Å². The first-order valence-electron chi connectivity index (χ1n) is 17.2. The number of ether oxygens (including phenoxy) is 1. The summed E-state index contributed by atoms with van der Waals surface area (Å²) < 4.78 is 5.38. The van der Waals surface area contributed by atoms with Gasteiger partial charge in [0.25, 0.3) is 0 Å². The van der Waals surface area contributed by atoms with Crippen molar-refractivity contribution in [1.82, 2.24) is 9.80 Å². The van der Waals surface area contributed by atoms with Gasteiger partial charge < -0.3 is 9.84 Å². The van der Waals surface area contributed by atoms with Crippen molar-refractivity contribution >= 4 is 39.1 Å². The molecule has 1 N–H and O–H groups in total. The molecule has 0 saturated carbocycles. The highest BCUT2D eigenvalue weighted by Crippen LogP contribution is 2.39. The summed E-state index contributed by atoms with van der Waals surface area (Å²) >= 11 is 0. The molecule has 0 aliphatic carbocycles. The van der Waals surface area contributed by atoms with Crippen LogP contribution >= 0.6 is 21.6 Å². The number of unbranched alkanes of at least 4 members (excludes halogenated alkanes) is 1. The lowest BCUT2D eigenvalue weighted by molar-refractivity contribution is -0.144. The van der Waals surface area contributed by atoms with E-state index in [0.29, 0.717) is 52.0 Å². The summed E-state index contributed by atoms with van der Waals surface area (Å²) in [5.74, 6) is 1.57. The second-order valence-corrected chi connectivity index (χ2v) is 15.2. The fourth-order valence-corrected chi connectivity index (χ4v) is 8.69. The lowest BCUT2D eigenvalue weighted by Crippen LogP contribution is -2.34. The number of rotatable bonds is 20. The van der Waals surface area contributed by atoms with Crippen molar-refractivity contribution in [2.45, 2.75) is 91.7 Å². The van der Waals surface area contributed by atoms with Crippen molar-refractivity contribution in [2.75, 3.05) is 58.2 Å². The number of likely N-dealkylation sites (N-methyl/N-ethyl adjacent to an activating group) is 2. The summed E-state index contributed by atoms with van der Waals surface area (Å²) in [6.45, 7) is 16.2. The van der Waals surface area contributed by atoms with E-state index in [-0.39, 0.29) is 24.1 Å². The van der Waals surface area contributed by atoms with Crippen molar-refractivity contribution < 1.29 is 24.2 Å². The number of benzene rings is 2. The van der Waals surface area contributed by atoms with Gasteiger partial charge in [-0.3, -0.25) is 24.2 Å². The van der Waals surface area contributed by atoms with Gasteiger partial charge in [-0.05, 0) is 93.4 Å². The molecule has 47 heavy (non-hydrogen) atoms. The largest absolute Gasteiger partial charge is 0.464 e. The Kier molecular flexibility index (Phi) is 20.3. The highest BCUT2D eigenvalue weighted by molar-refractivity contribution is 8.77. The van der Waals surface area contributed by atoms with Crippen LogP contribution in [0.25, 0.3) is 0 Å². The van der Waals surface area contributed by atoms with Crippen molar-refractivity contribution in [2.24, 2.45) is 0 Å². The van der Waals surface area contributed by atoms with Crippen LogP contribution in [0.1, 0.15) is 79.3 Å². The molecule has 1 fully saturated rings. The van der Waals surface area contributed by atoms with Crippen LogP contribution in [0.5, 0.6) is 0 Å². The van der Waals surface area contributed by atoms with E-state index in [1.54, 1.807) is 0 Å². The standard InChI is InChI=1S/C23H35NO3S2.C15H23NO2/c1-4-24(17-20(25)16-22-18(2)8-7-9-19(22)3)13-14-27-23(26)11-6-5-10-21-12-15-28-29-21;1-4-16(8-9-17)11-14(18)10-15-12(2)6-5-7-13(15)3/h7-9,21H,4-6,10-17H2,1-3H3;5-7,17H,4,8-11H2,1-3H3. The summed E-state index contributed by atoms with van der Waals surface area (Å²) in [5.41, 5.74) is 6.96. The van der Waals surface area contributed by atoms with Gasteiger partial charge >= 0.3 is 5.97 Å². The molecule has 1 atom stereocenters. The Morgan fingerprint density at radius 1 is 0.809 bits per heavy atom. The number of hydrogen-bond acceptors (Lipinski definition) is 9. The van der Waals surface area contributed by atoms with E-state index in [2.05, 4.69) is 30.9 Å². The van der Waals surface area contributed by atoms with Crippen LogP contribution in [0, 0.1) is 27.7 Å². The second kappa shape index (κ2) is 23.2. The predicted octanol–water partition coefficient (Wildman–Crippen LogP) is 6.72. The average Bonchev–Trinajstić information content (AvgIpc) is 3.56. The summed E-state index contributed by atoms with van der Waals surface area (Å²) in [6.07, 6.45) is 5.97. The number of esters is 1. The summed E-state index contributed by atoms with van der Waals surface area (Å²) in [6, 6.07) is 12.2. The zero-order valence-electron chi connectivity index (χ0n) is 29.6. The third-order valence-electron chi connectivity index (χ3n) is 8.70. The van der Waals surface area contributed by atoms with Gasteiger partial charge in [-0.25, -0.2) is 0 Å². The molecule has 0 bridgehead atoms. The van der Waals surface area contributed by atoms with Crippen molar-refractivity contribution in [3.8, 4) is 0 Å². The highest BCUT2D eigenvalue weighted by Gasteiger charge is 2.17. The third kappa shape index (κ3) is 16.2. The van der Waals surface area contributed by atoms with E-state index < -0.39 is 0 Å². The molecule has 0 radical (unpaired) electrons. The maximum atomic E-state index is 12.5. The number of aliphatic hydroxyl groups is 1. The number of hydrogen-bond donors (Lipinski definition) is 1. The fourth-order valence-electron chi connectivity index (χ4n) is 5.67. The van der Waals surface area contributed by atoms with Gasteiger partial charge in [-0.1, -0.05) is 78.3 Å². The fraction of sp³-hybridized carbons (Fsp3) is 0.605. The Labute approximate surface area is 292 Å². The Morgan fingerprint density at radius 2 is 1.32 bits per heavy atom. The zero-order valence-corrected chi connectivity index (χ0v) is 31.3. The van der Waals surface area contributed by atoms with E-state index >= 15 is 0 Å². The number of aliphatic hydroxyl groups excluding tert-OH is 1. The molecule has 2 aromatic rings. The normalized spacial score (nSPS) is 14.3. The molecule has 1 aliphatic rings. The van der Waals surface area contributed by atoms with Gasteiger partial charge in [-0.15, -0.1) is 0 Å². The third-order valence-corrected chi connectivity index (χ3v) is 11.7. The van der Waals surface area contributed by atoms with E-state index in [9.17, 15) is 14.4 Å². The van der Waals surface area contributed by atoms with Crippen LogP contribution in [0.3, 0.4) is 0 Å². The minimum Gasteiger partial charge on any atom is -0.464 e. The number of carbonyl (C=O) groups is 3. The van der Waals surface area contributed by atoms with Crippen LogP contribution in [0.4, 0.5) is 0 Å². The quantitative estimate of drug-likeness (QED) is 0.0927. The molecule has 2 aromatic carbocycles. The first kappa shape index (κ1) is 41.0. The number of aryl methyl sites for hydroxylation is 4. The van der Waals surface area contributed by atoms with Crippen LogP contribution in [0.2, 0.25) is 0 Å². The lowest BCUT2D eigenvalue weighted by atomic mass is 9.98. The van der Waals surface area contributed by atoms with Gasteiger partial charge in [0, 0.05) is 43.4 Å². The number of ketones is 2. The monoisotopic (exact) mass is 686 g/mol. The number of carbonyl (C=O) groups excluding carboxylic acids is 3. The molecule has 0 amide bonds. The summed E-state index contributed by atoms with van der Waals surface area (Å²) in [4.78, 5) is 40.5. The first-order chi connectivity index (χ1) is 22.6. The van der Waals surface area contributed by atoms with E-state index in [4.69, 9.17) is 9.84 Å². The van der Waals surface area contributed by atoms with Crippen LogP contribution in [0.15, 0.2) is 36.4 Å². The summed E-state index contributed by atoms with van der Waals surface area (Å²) in [7, 11) is 3.96. The van der Waals surface area contributed by atoms with Crippen LogP contribution in [-0.2, 0) is 32.0 Å². The van der Waals surface area contributed by atoms with Gasteiger partial charge in [0.1, 0.15) is 6.61 Å². The zero-order chi connectivity index (χ0) is 34.6. The van der Waals surface area contributed by atoms with Gasteiger partial charge in [0.05, 0.1) is 19.7 Å². The van der Waals surface area contributed by atoms with Crippen molar-refractivity contribution in [1.29, 1.82) is 0 Å². The molecule has 3 rings (SSSR count). The molecule has 1 heterocycles. The molecule has 9 heteroatoms. The first-order valence-corrected chi connectivity index (χ1v) is 19.6. The lowest BCUT2D eigenvalue weighted by Gasteiger charge is -2.20. The molecular formula is C38H58N2O5S2. The van der Waals surface area contributed by atoms with E-state index in [0.717, 1.165) is 42.3 Å². The minimum absolute atomic E-state index is 0.102. The molecule has 1 aliphatic heterocycles. The molecule has 0 aromatic heterocycles. The predicted molar refractivity (Wildman–Crippen MR) is 198 cm³/mol. The SMILES string of the molecule is CCN(CCO)CC(=O)Cc1c(C)cccc1C.CCN(CCOC(=O)CCCCC1CCSS1)CC(=O)Cc1c(C)cccc1C. The number of Topliss-reactive ketones (excluding diaryl/α,β-unsaturated/α-hetero) is 2. The van der Waals surface area contributed by atoms with Gasteiger partial charge in [-0.2, -0.15) is 0 Å². The maximum Gasteiger partial charge on any atom is 0.305 e. The molecule has 7 nitrogen and oxygen atoms in total. The Hall–Kier alpha value is -2.17. The summed E-state index contributed by atoms with van der Waals surface area (Å²) in [5, 5.41) is 9.68. The Balaban J connectivity index is 0.000000366.